The van der Waals surface area contributed by atoms with Gasteiger partial charge in [0.05, 0.1) is 6.21 Å². The van der Waals surface area contributed by atoms with E-state index in [0.717, 1.165) is 47.7 Å². The summed E-state index contributed by atoms with van der Waals surface area (Å²) in [6.45, 7) is 6.13. The summed E-state index contributed by atoms with van der Waals surface area (Å²) in [7, 11) is 0. The van der Waals surface area contributed by atoms with E-state index in [0.29, 0.717) is 12.5 Å². The van der Waals surface area contributed by atoms with E-state index >= 15 is 0 Å². The molecule has 1 saturated carbocycles. The van der Waals surface area contributed by atoms with Gasteiger partial charge >= 0.3 is 6.09 Å². The van der Waals surface area contributed by atoms with E-state index < -0.39 is 5.60 Å². The van der Waals surface area contributed by atoms with Crippen molar-refractivity contribution in [3.05, 3.63) is 42.0 Å². The van der Waals surface area contributed by atoms with Gasteiger partial charge in [0.25, 0.3) is 0 Å². The Hall–Kier alpha value is -3.09. The van der Waals surface area contributed by atoms with E-state index in [4.69, 9.17) is 10.6 Å². The monoisotopic (exact) mass is 424 g/mol. The van der Waals surface area contributed by atoms with Crippen molar-refractivity contribution in [1.29, 1.82) is 0 Å². The van der Waals surface area contributed by atoms with Gasteiger partial charge in [-0.15, -0.1) is 0 Å². The van der Waals surface area contributed by atoms with Crippen LogP contribution in [0.3, 0.4) is 0 Å². The highest BCUT2D eigenvalue weighted by molar-refractivity contribution is 5.97. The van der Waals surface area contributed by atoms with Gasteiger partial charge in [-0.1, -0.05) is 18.2 Å². The Bertz CT molecular complexity index is 957. The zero-order chi connectivity index (χ0) is 22.4. The maximum atomic E-state index is 12.7. The number of nitrogens with zero attached hydrogens (tertiary/aromatic N) is 1. The van der Waals surface area contributed by atoms with Crippen LogP contribution >= 0.6 is 0 Å². The Morgan fingerprint density at radius 3 is 2.45 bits per heavy atom. The maximum Gasteiger partial charge on any atom is 0.407 e. The summed E-state index contributed by atoms with van der Waals surface area (Å²) in [5, 5.41) is 11.6. The number of alkyl carbamates (subject to hydrolysis) is 1. The van der Waals surface area contributed by atoms with Crippen LogP contribution in [0.5, 0.6) is 0 Å². The van der Waals surface area contributed by atoms with Crippen molar-refractivity contribution in [3.63, 3.8) is 0 Å². The normalized spacial score (nSPS) is 19.3. The molecule has 0 unspecified atom stereocenters. The van der Waals surface area contributed by atoms with Crippen molar-refractivity contribution in [2.75, 3.05) is 11.9 Å². The van der Waals surface area contributed by atoms with Crippen LogP contribution in [0.25, 0.3) is 10.8 Å². The summed E-state index contributed by atoms with van der Waals surface area (Å²) in [5.41, 5.74) is 1.24. The van der Waals surface area contributed by atoms with Gasteiger partial charge in [-0.05, 0) is 86.9 Å². The van der Waals surface area contributed by atoms with Gasteiger partial charge < -0.3 is 21.2 Å². The summed E-state index contributed by atoms with van der Waals surface area (Å²) >= 11 is 0. The van der Waals surface area contributed by atoms with Crippen molar-refractivity contribution in [2.24, 2.45) is 22.8 Å². The highest BCUT2D eigenvalue weighted by Gasteiger charge is 2.27. The van der Waals surface area contributed by atoms with Crippen molar-refractivity contribution in [2.45, 2.75) is 52.1 Å². The first-order valence-corrected chi connectivity index (χ1v) is 10.8. The minimum absolute atomic E-state index is 0.00313. The molecule has 7 heteroatoms. The highest BCUT2D eigenvalue weighted by Crippen LogP contribution is 2.30. The third-order valence-electron chi connectivity index (χ3n) is 5.51. The lowest BCUT2D eigenvalue weighted by Crippen LogP contribution is -2.37. The molecule has 7 nitrogen and oxygen atoms in total. The number of hydrogen-bond donors (Lipinski definition) is 3. The largest absolute Gasteiger partial charge is 0.444 e. The number of nitrogens with one attached hydrogen (secondary N) is 2. The lowest BCUT2D eigenvalue weighted by Gasteiger charge is -2.28. The average molecular weight is 425 g/mol. The van der Waals surface area contributed by atoms with Gasteiger partial charge in [0.1, 0.15) is 5.60 Å². The first-order valence-electron chi connectivity index (χ1n) is 10.8. The molecule has 31 heavy (non-hydrogen) atoms. The number of carbonyl (C=O) groups is 2. The topological polar surface area (TPSA) is 106 Å². The molecular weight excluding hydrogens is 392 g/mol. The van der Waals surface area contributed by atoms with E-state index in [1.54, 1.807) is 6.21 Å². The molecule has 0 aromatic heterocycles. The van der Waals surface area contributed by atoms with Crippen LogP contribution in [-0.2, 0) is 9.53 Å². The van der Waals surface area contributed by atoms with E-state index in [-0.39, 0.29) is 17.9 Å². The number of nitrogens with two attached hydrogens (primary N) is 1. The fourth-order valence-electron chi connectivity index (χ4n) is 3.92. The van der Waals surface area contributed by atoms with Gasteiger partial charge in [0, 0.05) is 18.2 Å². The van der Waals surface area contributed by atoms with Gasteiger partial charge in [0.15, 0.2) is 0 Å². The SMILES string of the molecule is CC(C)(C)OC(=O)NCC1CCC(C(=O)Nc2ccc3cc(C=NN)ccc3c2)CC1. The van der Waals surface area contributed by atoms with Gasteiger partial charge in [0.2, 0.25) is 5.91 Å². The molecule has 3 rings (SSSR count). The smallest absolute Gasteiger partial charge is 0.407 e. The summed E-state index contributed by atoms with van der Waals surface area (Å²) in [6.07, 6.45) is 4.69. The number of rotatable bonds is 5. The van der Waals surface area contributed by atoms with Crippen molar-refractivity contribution >= 4 is 34.7 Å². The molecule has 2 aromatic rings. The number of ether oxygens (including phenoxy) is 1. The Kier molecular flexibility index (Phi) is 7.15. The molecule has 0 spiro atoms. The minimum atomic E-state index is -0.496. The molecule has 1 aliphatic carbocycles. The second-order valence-corrected chi connectivity index (χ2v) is 9.19. The van der Waals surface area contributed by atoms with Gasteiger partial charge in [-0.3, -0.25) is 4.79 Å². The van der Waals surface area contributed by atoms with Crippen LogP contribution in [-0.4, -0.2) is 30.4 Å². The number of hydrogen-bond acceptors (Lipinski definition) is 5. The Labute approximate surface area is 183 Å². The lowest BCUT2D eigenvalue weighted by molar-refractivity contribution is -0.121. The lowest BCUT2D eigenvalue weighted by atomic mass is 9.81. The third-order valence-corrected chi connectivity index (χ3v) is 5.51. The number of fused-ring (bicyclic) bond motifs is 1. The van der Waals surface area contributed by atoms with Crippen LogP contribution < -0.4 is 16.5 Å². The number of benzene rings is 2. The first kappa shape index (κ1) is 22.6. The Morgan fingerprint density at radius 2 is 1.77 bits per heavy atom. The molecule has 2 aromatic carbocycles. The predicted octanol–water partition coefficient (Wildman–Crippen LogP) is 4.40. The van der Waals surface area contributed by atoms with Crippen LogP contribution in [0.2, 0.25) is 0 Å². The summed E-state index contributed by atoms with van der Waals surface area (Å²) in [4.78, 5) is 24.6. The van der Waals surface area contributed by atoms with Crippen LogP contribution in [0.15, 0.2) is 41.5 Å². The van der Waals surface area contributed by atoms with Gasteiger partial charge in [-0.25, -0.2) is 4.79 Å². The second-order valence-electron chi connectivity index (χ2n) is 9.19. The van der Waals surface area contributed by atoms with E-state index in [1.807, 2.05) is 57.2 Å². The Morgan fingerprint density at radius 1 is 1.10 bits per heavy atom. The predicted molar refractivity (Wildman–Crippen MR) is 124 cm³/mol. The molecule has 0 atom stereocenters. The zero-order valence-corrected chi connectivity index (χ0v) is 18.5. The van der Waals surface area contributed by atoms with Gasteiger partial charge in [-0.2, -0.15) is 5.10 Å². The van der Waals surface area contributed by atoms with Crippen molar-refractivity contribution in [3.8, 4) is 0 Å². The second kappa shape index (κ2) is 9.81. The fraction of sp³-hybridized carbons (Fsp3) is 0.458. The van der Waals surface area contributed by atoms with E-state index in [9.17, 15) is 9.59 Å². The van der Waals surface area contributed by atoms with E-state index in [1.165, 1.54) is 0 Å². The summed E-state index contributed by atoms with van der Waals surface area (Å²) in [5.74, 6) is 5.65. The molecule has 2 amide bonds. The number of amides is 2. The summed E-state index contributed by atoms with van der Waals surface area (Å²) < 4.78 is 5.28. The minimum Gasteiger partial charge on any atom is -0.444 e. The van der Waals surface area contributed by atoms with Crippen LogP contribution in [0.4, 0.5) is 10.5 Å². The average Bonchev–Trinajstić information content (AvgIpc) is 2.71. The number of hydrazone groups is 1. The standard InChI is InChI=1S/C24H32N4O3/c1-24(2,3)31-23(30)26-14-16-4-7-18(8-5-16)22(29)28-21-11-10-19-12-17(15-27-25)6-9-20(19)13-21/h6,9-13,15-16,18H,4-5,7-8,14,25H2,1-3H3,(H,26,30)(H,28,29). The molecule has 1 fully saturated rings. The van der Waals surface area contributed by atoms with Crippen molar-refractivity contribution < 1.29 is 14.3 Å². The van der Waals surface area contributed by atoms with Crippen LogP contribution in [0, 0.1) is 11.8 Å². The zero-order valence-electron chi connectivity index (χ0n) is 18.5. The maximum absolute atomic E-state index is 12.7. The number of anilines is 1. The summed E-state index contributed by atoms with van der Waals surface area (Å²) in [6, 6.07) is 11.8. The van der Waals surface area contributed by atoms with E-state index in [2.05, 4.69) is 15.7 Å². The molecule has 0 saturated heterocycles. The molecule has 0 radical (unpaired) electrons. The highest BCUT2D eigenvalue weighted by atomic mass is 16.6. The number of carbonyl (C=O) groups excluding carboxylic acids is 2. The molecule has 0 aliphatic heterocycles. The third kappa shape index (κ3) is 6.70. The molecule has 0 bridgehead atoms. The first-order chi connectivity index (χ1) is 14.7. The molecule has 0 heterocycles. The molecule has 4 N–H and O–H groups in total. The fourth-order valence-corrected chi connectivity index (χ4v) is 3.92. The molecular formula is C24H32N4O3. The van der Waals surface area contributed by atoms with Crippen LogP contribution in [0.1, 0.15) is 52.0 Å². The Balaban J connectivity index is 1.48. The molecule has 1 aliphatic rings. The quantitative estimate of drug-likeness (QED) is 0.376. The molecule has 166 valence electrons. The van der Waals surface area contributed by atoms with Crippen molar-refractivity contribution in [1.82, 2.24) is 5.32 Å².